The Morgan fingerprint density at radius 2 is 2.17 bits per heavy atom. The van der Waals surface area contributed by atoms with Crippen LogP contribution in [0.1, 0.15) is 25.7 Å². The van der Waals surface area contributed by atoms with Crippen LogP contribution in [-0.2, 0) is 0 Å². The van der Waals surface area contributed by atoms with Crippen LogP contribution in [0.4, 0.5) is 5.82 Å². The average Bonchev–Trinajstić information content (AvgIpc) is 2.88. The largest absolute Gasteiger partial charge is 0.368 e. The molecular formula is C12H18BrClN4. The minimum absolute atomic E-state index is 0.441. The number of rotatable bonds is 5. The van der Waals surface area contributed by atoms with Gasteiger partial charge in [-0.2, -0.15) is 0 Å². The minimum atomic E-state index is 0.441. The Morgan fingerprint density at radius 3 is 2.89 bits per heavy atom. The maximum atomic E-state index is 5.91. The van der Waals surface area contributed by atoms with Crippen molar-refractivity contribution in [2.24, 2.45) is 0 Å². The van der Waals surface area contributed by atoms with Gasteiger partial charge in [0.1, 0.15) is 17.3 Å². The van der Waals surface area contributed by atoms with E-state index in [-0.39, 0.29) is 0 Å². The molecule has 0 unspecified atom stereocenters. The van der Waals surface area contributed by atoms with Crippen molar-refractivity contribution in [1.82, 2.24) is 14.9 Å². The predicted octanol–water partition coefficient (Wildman–Crippen LogP) is 3.18. The number of nitrogens with one attached hydrogen (secondary N) is 1. The van der Waals surface area contributed by atoms with Crippen molar-refractivity contribution in [3.8, 4) is 0 Å². The molecule has 1 heterocycles. The molecule has 0 spiro atoms. The van der Waals surface area contributed by atoms with E-state index in [1.165, 1.54) is 32.0 Å². The van der Waals surface area contributed by atoms with Gasteiger partial charge in [0.15, 0.2) is 0 Å². The van der Waals surface area contributed by atoms with Gasteiger partial charge in [0.25, 0.3) is 0 Å². The van der Waals surface area contributed by atoms with Crippen molar-refractivity contribution in [2.45, 2.75) is 31.7 Å². The molecule has 0 aromatic carbocycles. The fourth-order valence-corrected chi connectivity index (χ4v) is 2.83. The van der Waals surface area contributed by atoms with Gasteiger partial charge in [0.05, 0.1) is 4.47 Å². The first-order valence-electron chi connectivity index (χ1n) is 6.28. The summed E-state index contributed by atoms with van der Waals surface area (Å²) in [6.07, 6.45) is 6.88. The monoisotopic (exact) mass is 332 g/mol. The van der Waals surface area contributed by atoms with Crippen LogP contribution in [0.15, 0.2) is 10.8 Å². The summed E-state index contributed by atoms with van der Waals surface area (Å²) in [5.41, 5.74) is 0. The van der Waals surface area contributed by atoms with Crippen LogP contribution in [-0.4, -0.2) is 41.0 Å². The summed E-state index contributed by atoms with van der Waals surface area (Å²) in [5, 5.41) is 3.73. The minimum Gasteiger partial charge on any atom is -0.368 e. The van der Waals surface area contributed by atoms with E-state index >= 15 is 0 Å². The highest BCUT2D eigenvalue weighted by Crippen LogP contribution is 2.26. The molecule has 1 N–H and O–H groups in total. The predicted molar refractivity (Wildman–Crippen MR) is 78.1 cm³/mol. The van der Waals surface area contributed by atoms with Crippen LogP contribution in [0.5, 0.6) is 0 Å². The first-order valence-corrected chi connectivity index (χ1v) is 7.45. The highest BCUT2D eigenvalue weighted by Gasteiger charge is 2.18. The Hall–Kier alpha value is -0.390. The normalized spacial score (nSPS) is 16.4. The quantitative estimate of drug-likeness (QED) is 0.840. The van der Waals surface area contributed by atoms with Gasteiger partial charge in [-0.15, -0.1) is 0 Å². The highest BCUT2D eigenvalue weighted by molar-refractivity contribution is 9.10. The van der Waals surface area contributed by atoms with E-state index in [0.717, 1.165) is 29.4 Å². The fraction of sp³-hybridized carbons (Fsp3) is 0.667. The van der Waals surface area contributed by atoms with Crippen LogP contribution in [0, 0.1) is 0 Å². The van der Waals surface area contributed by atoms with E-state index in [9.17, 15) is 0 Å². The van der Waals surface area contributed by atoms with Gasteiger partial charge in [0, 0.05) is 19.1 Å². The number of anilines is 1. The third kappa shape index (κ3) is 3.56. The van der Waals surface area contributed by atoms with Crippen molar-refractivity contribution in [3.63, 3.8) is 0 Å². The molecule has 0 radical (unpaired) electrons. The Bertz CT molecular complexity index is 396. The molecule has 0 saturated heterocycles. The maximum Gasteiger partial charge on any atom is 0.148 e. The SMILES string of the molecule is CN(CCNc1ncnc(Cl)c1Br)C1CCCC1. The lowest BCUT2D eigenvalue weighted by Crippen LogP contribution is -2.33. The molecule has 1 aromatic heterocycles. The number of likely N-dealkylation sites (N-methyl/N-ethyl adjacent to an activating group) is 1. The summed E-state index contributed by atoms with van der Waals surface area (Å²) in [6, 6.07) is 0.754. The van der Waals surface area contributed by atoms with Gasteiger partial charge < -0.3 is 10.2 Å². The Kier molecular flexibility index (Phi) is 5.21. The molecule has 4 nitrogen and oxygen atoms in total. The molecule has 1 aliphatic carbocycles. The maximum absolute atomic E-state index is 5.91. The standard InChI is InChI=1S/C12H18BrClN4/c1-18(9-4-2-3-5-9)7-6-15-12-10(13)11(14)16-8-17-12/h8-9H,2-7H2,1H3,(H,15,16,17). The molecule has 6 heteroatoms. The van der Waals surface area contributed by atoms with Crippen LogP contribution < -0.4 is 5.32 Å². The summed E-state index contributed by atoms with van der Waals surface area (Å²) in [4.78, 5) is 10.5. The summed E-state index contributed by atoms with van der Waals surface area (Å²) in [7, 11) is 2.19. The summed E-state index contributed by atoms with van der Waals surface area (Å²) in [6.45, 7) is 1.87. The third-order valence-electron chi connectivity index (χ3n) is 3.45. The zero-order valence-corrected chi connectivity index (χ0v) is 12.8. The zero-order valence-electron chi connectivity index (χ0n) is 10.5. The molecule has 1 saturated carbocycles. The molecule has 0 amide bonds. The van der Waals surface area contributed by atoms with Crippen molar-refractivity contribution in [3.05, 3.63) is 16.0 Å². The fourth-order valence-electron chi connectivity index (χ4n) is 2.35. The zero-order chi connectivity index (χ0) is 13.0. The van der Waals surface area contributed by atoms with E-state index in [1.54, 1.807) is 0 Å². The van der Waals surface area contributed by atoms with Gasteiger partial charge in [-0.05, 0) is 35.8 Å². The lowest BCUT2D eigenvalue weighted by molar-refractivity contribution is 0.254. The number of hydrogen-bond donors (Lipinski definition) is 1. The van der Waals surface area contributed by atoms with Gasteiger partial charge in [-0.1, -0.05) is 24.4 Å². The molecule has 18 heavy (non-hydrogen) atoms. The van der Waals surface area contributed by atoms with Crippen LogP contribution in [0.3, 0.4) is 0 Å². The van der Waals surface area contributed by atoms with Crippen molar-refractivity contribution in [1.29, 1.82) is 0 Å². The number of nitrogens with zero attached hydrogens (tertiary/aromatic N) is 3. The molecule has 1 fully saturated rings. The summed E-state index contributed by atoms with van der Waals surface area (Å²) in [5.74, 6) is 0.759. The Labute approximate surface area is 121 Å². The lowest BCUT2D eigenvalue weighted by Gasteiger charge is -2.24. The third-order valence-corrected chi connectivity index (χ3v) is 4.72. The van der Waals surface area contributed by atoms with E-state index in [2.05, 4.69) is 43.2 Å². The van der Waals surface area contributed by atoms with Crippen molar-refractivity contribution in [2.75, 3.05) is 25.5 Å². The molecule has 0 aliphatic heterocycles. The first-order chi connectivity index (χ1) is 8.68. The summed E-state index contributed by atoms with van der Waals surface area (Å²) >= 11 is 9.29. The van der Waals surface area contributed by atoms with Crippen LogP contribution in [0.25, 0.3) is 0 Å². The van der Waals surface area contributed by atoms with Crippen LogP contribution >= 0.6 is 27.5 Å². The van der Waals surface area contributed by atoms with E-state index < -0.39 is 0 Å². The molecule has 0 atom stereocenters. The first kappa shape index (κ1) is 14.0. The molecule has 2 rings (SSSR count). The number of hydrogen-bond acceptors (Lipinski definition) is 4. The smallest absolute Gasteiger partial charge is 0.148 e. The van der Waals surface area contributed by atoms with Crippen molar-refractivity contribution >= 4 is 33.3 Å². The van der Waals surface area contributed by atoms with Gasteiger partial charge in [-0.25, -0.2) is 9.97 Å². The van der Waals surface area contributed by atoms with Gasteiger partial charge >= 0.3 is 0 Å². The molecule has 100 valence electrons. The Morgan fingerprint density at radius 1 is 1.44 bits per heavy atom. The van der Waals surface area contributed by atoms with E-state index in [0.29, 0.717) is 5.15 Å². The summed E-state index contributed by atoms with van der Waals surface area (Å²) < 4.78 is 0.732. The average molecular weight is 334 g/mol. The molecule has 1 aromatic rings. The van der Waals surface area contributed by atoms with E-state index in [1.807, 2.05) is 0 Å². The topological polar surface area (TPSA) is 41.0 Å². The number of aromatic nitrogens is 2. The van der Waals surface area contributed by atoms with E-state index in [4.69, 9.17) is 11.6 Å². The van der Waals surface area contributed by atoms with Crippen LogP contribution in [0.2, 0.25) is 5.15 Å². The number of halogens is 2. The van der Waals surface area contributed by atoms with Gasteiger partial charge in [-0.3, -0.25) is 0 Å². The van der Waals surface area contributed by atoms with Crippen molar-refractivity contribution < 1.29 is 0 Å². The van der Waals surface area contributed by atoms with Gasteiger partial charge in [0.2, 0.25) is 0 Å². The molecule has 0 bridgehead atoms. The lowest BCUT2D eigenvalue weighted by atomic mass is 10.2. The second kappa shape index (κ2) is 6.68. The molecule has 1 aliphatic rings. The Balaban J connectivity index is 1.79. The second-order valence-corrected chi connectivity index (χ2v) is 5.82. The molecular weight excluding hydrogens is 316 g/mol. The second-order valence-electron chi connectivity index (χ2n) is 4.67. The highest BCUT2D eigenvalue weighted by atomic mass is 79.9.